The lowest BCUT2D eigenvalue weighted by Crippen LogP contribution is -2.09. The second-order valence-corrected chi connectivity index (χ2v) is 4.89. The number of hydrogen-bond acceptors (Lipinski definition) is 5. The molecule has 2 aromatic heterocycles. The summed E-state index contributed by atoms with van der Waals surface area (Å²) in [7, 11) is 0. The zero-order valence-electron chi connectivity index (χ0n) is 12.2. The van der Waals surface area contributed by atoms with Crippen LogP contribution in [-0.4, -0.2) is 21.5 Å². The van der Waals surface area contributed by atoms with Gasteiger partial charge in [0.1, 0.15) is 17.5 Å². The lowest BCUT2D eigenvalue weighted by atomic mass is 10.2. The Morgan fingerprint density at radius 2 is 1.70 bits per heavy atom. The van der Waals surface area contributed by atoms with Gasteiger partial charge >= 0.3 is 0 Å². The lowest BCUT2D eigenvalue weighted by molar-refractivity contribution is 0.775. The molecule has 0 amide bonds. The van der Waals surface area contributed by atoms with Crippen molar-refractivity contribution in [2.24, 2.45) is 0 Å². The van der Waals surface area contributed by atoms with Crippen LogP contribution in [0.1, 0.15) is 38.1 Å². The maximum absolute atomic E-state index is 4.55. The van der Waals surface area contributed by atoms with Crippen LogP contribution in [0.4, 0.5) is 11.6 Å². The van der Waals surface area contributed by atoms with Gasteiger partial charge in [-0.1, -0.05) is 13.8 Å². The molecule has 0 aromatic carbocycles. The maximum Gasteiger partial charge on any atom is 0.135 e. The molecule has 0 spiro atoms. The normalized spacial score (nSPS) is 10.6. The predicted molar refractivity (Wildman–Crippen MR) is 81.8 cm³/mol. The minimum atomic E-state index is 0.301. The second-order valence-electron chi connectivity index (χ2n) is 4.89. The second kappa shape index (κ2) is 6.84. The Hall–Kier alpha value is -2.17. The van der Waals surface area contributed by atoms with E-state index in [1.165, 1.54) is 5.56 Å². The summed E-state index contributed by atoms with van der Waals surface area (Å²) in [5.41, 5.74) is 1.18. The molecule has 0 saturated carbocycles. The summed E-state index contributed by atoms with van der Waals surface area (Å²) in [6.07, 6.45) is 3.58. The van der Waals surface area contributed by atoms with Crippen LogP contribution >= 0.6 is 0 Å². The first-order valence-corrected chi connectivity index (χ1v) is 6.94. The molecule has 5 nitrogen and oxygen atoms in total. The van der Waals surface area contributed by atoms with E-state index in [2.05, 4.69) is 46.4 Å². The Morgan fingerprint density at radius 1 is 1.05 bits per heavy atom. The van der Waals surface area contributed by atoms with Crippen molar-refractivity contribution in [2.45, 2.75) is 33.2 Å². The largest absolute Gasteiger partial charge is 0.370 e. The van der Waals surface area contributed by atoms with E-state index in [-0.39, 0.29) is 0 Å². The zero-order chi connectivity index (χ0) is 14.4. The van der Waals surface area contributed by atoms with Gasteiger partial charge in [-0.15, -0.1) is 0 Å². The van der Waals surface area contributed by atoms with Gasteiger partial charge in [-0.25, -0.2) is 9.97 Å². The van der Waals surface area contributed by atoms with Gasteiger partial charge in [-0.3, -0.25) is 4.98 Å². The highest BCUT2D eigenvalue weighted by Crippen LogP contribution is 2.17. The van der Waals surface area contributed by atoms with E-state index in [0.29, 0.717) is 5.92 Å². The molecule has 0 atom stereocenters. The van der Waals surface area contributed by atoms with Crippen LogP contribution in [-0.2, 0) is 6.54 Å². The third-order valence-corrected chi connectivity index (χ3v) is 2.84. The van der Waals surface area contributed by atoms with Crippen molar-refractivity contribution in [2.75, 3.05) is 17.2 Å². The summed E-state index contributed by atoms with van der Waals surface area (Å²) in [4.78, 5) is 13.1. The third kappa shape index (κ3) is 3.91. The summed E-state index contributed by atoms with van der Waals surface area (Å²) < 4.78 is 0. The van der Waals surface area contributed by atoms with Crippen LogP contribution in [0.2, 0.25) is 0 Å². The predicted octanol–water partition coefficient (Wildman–Crippen LogP) is 3.04. The molecule has 2 rings (SSSR count). The van der Waals surface area contributed by atoms with Crippen molar-refractivity contribution >= 4 is 11.6 Å². The Bertz CT molecular complexity index is 539. The molecule has 0 radical (unpaired) electrons. The number of nitrogens with one attached hydrogen (secondary N) is 2. The number of nitrogens with zero attached hydrogens (tertiary/aromatic N) is 3. The zero-order valence-corrected chi connectivity index (χ0v) is 12.2. The Balaban J connectivity index is 2.13. The van der Waals surface area contributed by atoms with E-state index in [9.17, 15) is 0 Å². The molecule has 0 aliphatic heterocycles. The number of rotatable bonds is 6. The van der Waals surface area contributed by atoms with Gasteiger partial charge in [0, 0.05) is 37.5 Å². The van der Waals surface area contributed by atoms with Gasteiger partial charge in [0.05, 0.1) is 0 Å². The quantitative estimate of drug-likeness (QED) is 0.845. The van der Waals surface area contributed by atoms with Crippen LogP contribution in [0, 0.1) is 0 Å². The molecule has 106 valence electrons. The molecule has 20 heavy (non-hydrogen) atoms. The average Bonchev–Trinajstić information content (AvgIpc) is 2.46. The molecular weight excluding hydrogens is 250 g/mol. The first kappa shape index (κ1) is 14.2. The molecule has 0 unspecified atom stereocenters. The van der Waals surface area contributed by atoms with Crippen molar-refractivity contribution in [3.8, 4) is 0 Å². The monoisotopic (exact) mass is 271 g/mol. The highest BCUT2D eigenvalue weighted by Gasteiger charge is 2.07. The summed E-state index contributed by atoms with van der Waals surface area (Å²) in [6, 6.07) is 5.92. The van der Waals surface area contributed by atoms with Crippen molar-refractivity contribution in [1.82, 2.24) is 15.0 Å². The van der Waals surface area contributed by atoms with Gasteiger partial charge in [0.15, 0.2) is 0 Å². The minimum Gasteiger partial charge on any atom is -0.370 e. The van der Waals surface area contributed by atoms with Gasteiger partial charge in [-0.05, 0) is 24.6 Å². The number of pyridine rings is 1. The minimum absolute atomic E-state index is 0.301. The summed E-state index contributed by atoms with van der Waals surface area (Å²) in [6.45, 7) is 7.82. The van der Waals surface area contributed by atoms with E-state index >= 15 is 0 Å². The standard InChI is InChI=1S/C15H21N5/c1-4-17-13-9-14(20-15(19-13)11(2)3)18-10-12-5-7-16-8-6-12/h5-9,11H,4,10H2,1-3H3,(H2,17,18,19,20). The van der Waals surface area contributed by atoms with Crippen molar-refractivity contribution < 1.29 is 0 Å². The highest BCUT2D eigenvalue weighted by molar-refractivity contribution is 5.48. The number of hydrogen-bond donors (Lipinski definition) is 2. The summed E-state index contributed by atoms with van der Waals surface area (Å²) in [5.74, 6) is 2.86. The first-order valence-electron chi connectivity index (χ1n) is 6.94. The fourth-order valence-corrected chi connectivity index (χ4v) is 1.78. The summed E-state index contributed by atoms with van der Waals surface area (Å²) >= 11 is 0. The molecule has 0 bridgehead atoms. The van der Waals surface area contributed by atoms with Gasteiger partial charge in [0.25, 0.3) is 0 Å². The van der Waals surface area contributed by atoms with Crippen molar-refractivity contribution in [3.63, 3.8) is 0 Å². The van der Waals surface area contributed by atoms with Crippen molar-refractivity contribution in [1.29, 1.82) is 0 Å². The fraction of sp³-hybridized carbons (Fsp3) is 0.400. The van der Waals surface area contributed by atoms with E-state index in [4.69, 9.17) is 0 Å². The third-order valence-electron chi connectivity index (χ3n) is 2.84. The summed E-state index contributed by atoms with van der Waals surface area (Å²) in [5, 5.41) is 6.58. The average molecular weight is 271 g/mol. The molecule has 0 aliphatic carbocycles. The van der Waals surface area contributed by atoms with E-state index in [1.807, 2.05) is 18.2 Å². The number of anilines is 2. The molecule has 0 fully saturated rings. The first-order chi connectivity index (χ1) is 9.69. The van der Waals surface area contributed by atoms with E-state index < -0.39 is 0 Å². The van der Waals surface area contributed by atoms with Gasteiger partial charge in [-0.2, -0.15) is 0 Å². The van der Waals surface area contributed by atoms with Crippen LogP contribution < -0.4 is 10.6 Å². The topological polar surface area (TPSA) is 62.7 Å². The van der Waals surface area contributed by atoms with Crippen LogP contribution in [0.3, 0.4) is 0 Å². The molecule has 2 heterocycles. The van der Waals surface area contributed by atoms with Crippen LogP contribution in [0.15, 0.2) is 30.6 Å². The molecule has 5 heteroatoms. The Labute approximate surface area is 119 Å². The van der Waals surface area contributed by atoms with Crippen LogP contribution in [0.25, 0.3) is 0 Å². The Morgan fingerprint density at radius 3 is 2.30 bits per heavy atom. The van der Waals surface area contributed by atoms with E-state index in [0.717, 1.165) is 30.5 Å². The molecule has 0 aliphatic rings. The van der Waals surface area contributed by atoms with Gasteiger partial charge < -0.3 is 10.6 Å². The van der Waals surface area contributed by atoms with Gasteiger partial charge in [0.2, 0.25) is 0 Å². The lowest BCUT2D eigenvalue weighted by Gasteiger charge is -2.12. The van der Waals surface area contributed by atoms with Crippen LogP contribution in [0.5, 0.6) is 0 Å². The highest BCUT2D eigenvalue weighted by atomic mass is 15.1. The molecule has 0 saturated heterocycles. The molecular formula is C15H21N5. The number of aromatic nitrogens is 3. The maximum atomic E-state index is 4.55. The SMILES string of the molecule is CCNc1cc(NCc2ccncc2)nc(C(C)C)n1. The fourth-order valence-electron chi connectivity index (χ4n) is 1.78. The Kier molecular flexibility index (Phi) is 4.87. The molecule has 2 N–H and O–H groups in total. The van der Waals surface area contributed by atoms with E-state index in [1.54, 1.807) is 12.4 Å². The molecule has 2 aromatic rings. The smallest absolute Gasteiger partial charge is 0.135 e. The van der Waals surface area contributed by atoms with Crippen molar-refractivity contribution in [3.05, 3.63) is 42.0 Å².